The van der Waals surface area contributed by atoms with Crippen molar-refractivity contribution < 1.29 is 9.90 Å². The van der Waals surface area contributed by atoms with Gasteiger partial charge in [-0.2, -0.15) is 0 Å². The minimum absolute atomic E-state index is 0.405. The summed E-state index contributed by atoms with van der Waals surface area (Å²) in [5.74, 6) is -0.866. The van der Waals surface area contributed by atoms with Crippen LogP contribution in [0.2, 0.25) is 0 Å². The monoisotopic (exact) mass is 176 g/mol. The lowest BCUT2D eigenvalue weighted by atomic mass is 10.00. The number of hydrogen-bond donors (Lipinski definition) is 1. The van der Waals surface area contributed by atoms with Crippen molar-refractivity contribution in [3.63, 3.8) is 0 Å². The van der Waals surface area contributed by atoms with Gasteiger partial charge in [-0.1, -0.05) is 24.3 Å². The Kier molecular flexibility index (Phi) is 2.85. The molecule has 0 fully saturated rings. The van der Waals surface area contributed by atoms with E-state index >= 15 is 0 Å². The Hall–Kier alpha value is -1.57. The number of benzene rings is 1. The zero-order valence-corrected chi connectivity index (χ0v) is 7.58. The van der Waals surface area contributed by atoms with Crippen molar-refractivity contribution >= 4 is 5.97 Å². The highest BCUT2D eigenvalue weighted by molar-refractivity contribution is 5.91. The van der Waals surface area contributed by atoms with E-state index in [1.165, 1.54) is 0 Å². The number of allylic oxidation sites excluding steroid dienone is 1. The number of hydrogen-bond acceptors (Lipinski definition) is 1. The van der Waals surface area contributed by atoms with Gasteiger partial charge in [0.05, 0.1) is 5.56 Å². The molecule has 68 valence electrons. The second-order valence-electron chi connectivity index (χ2n) is 2.91. The lowest BCUT2D eigenvalue weighted by Crippen LogP contribution is -2.04. The summed E-state index contributed by atoms with van der Waals surface area (Å²) in [5.41, 5.74) is 2.02. The molecule has 0 atom stereocenters. The first-order valence-electron chi connectivity index (χ1n) is 4.09. The number of aromatic carboxylic acids is 1. The second kappa shape index (κ2) is 3.90. The van der Waals surface area contributed by atoms with Crippen LogP contribution in [-0.2, 0) is 6.42 Å². The molecule has 13 heavy (non-hydrogen) atoms. The van der Waals surface area contributed by atoms with Crippen LogP contribution >= 0.6 is 0 Å². The number of carboxylic acids is 1. The number of aryl methyl sites for hydroxylation is 1. The Morgan fingerprint density at radius 2 is 2.31 bits per heavy atom. The third-order valence-corrected chi connectivity index (χ3v) is 1.94. The molecule has 1 aromatic carbocycles. The summed E-state index contributed by atoms with van der Waals surface area (Å²) < 4.78 is 0. The molecule has 2 nitrogen and oxygen atoms in total. The van der Waals surface area contributed by atoms with Crippen LogP contribution in [0.3, 0.4) is 0 Å². The maximum absolute atomic E-state index is 10.9. The average molecular weight is 176 g/mol. The summed E-state index contributed by atoms with van der Waals surface area (Å²) in [7, 11) is 0. The summed E-state index contributed by atoms with van der Waals surface area (Å²) >= 11 is 0. The van der Waals surface area contributed by atoms with Crippen LogP contribution in [0.15, 0.2) is 30.9 Å². The summed E-state index contributed by atoms with van der Waals surface area (Å²) in [6, 6.07) is 5.48. The minimum atomic E-state index is -0.866. The molecule has 0 saturated heterocycles. The van der Waals surface area contributed by atoms with Crippen LogP contribution in [0.25, 0.3) is 0 Å². The van der Waals surface area contributed by atoms with Crippen molar-refractivity contribution in [3.8, 4) is 0 Å². The van der Waals surface area contributed by atoms with E-state index in [9.17, 15) is 4.79 Å². The Morgan fingerprint density at radius 3 is 2.85 bits per heavy atom. The Morgan fingerprint density at radius 1 is 1.62 bits per heavy atom. The van der Waals surface area contributed by atoms with Crippen LogP contribution in [0.5, 0.6) is 0 Å². The molecule has 2 heteroatoms. The van der Waals surface area contributed by atoms with Gasteiger partial charge in [0.15, 0.2) is 0 Å². The summed E-state index contributed by atoms with van der Waals surface area (Å²) in [5, 5.41) is 8.94. The predicted molar refractivity (Wildman–Crippen MR) is 52.0 cm³/mol. The van der Waals surface area contributed by atoms with Crippen LogP contribution < -0.4 is 0 Å². The van der Waals surface area contributed by atoms with E-state index in [2.05, 4.69) is 6.58 Å². The van der Waals surface area contributed by atoms with E-state index in [0.29, 0.717) is 12.0 Å². The van der Waals surface area contributed by atoms with E-state index in [4.69, 9.17) is 5.11 Å². The van der Waals surface area contributed by atoms with E-state index in [1.807, 2.05) is 12.1 Å². The fraction of sp³-hybridized carbons (Fsp3) is 0.182. The molecule has 0 heterocycles. The third kappa shape index (κ3) is 1.96. The van der Waals surface area contributed by atoms with Gasteiger partial charge < -0.3 is 5.11 Å². The molecule has 0 saturated carbocycles. The topological polar surface area (TPSA) is 37.3 Å². The number of carboxylic acid groups (broad SMARTS) is 1. The van der Waals surface area contributed by atoms with Gasteiger partial charge in [-0.15, -0.1) is 6.58 Å². The summed E-state index contributed by atoms with van der Waals surface area (Å²) in [6.45, 7) is 5.39. The molecule has 0 spiro atoms. The van der Waals surface area contributed by atoms with E-state index in [-0.39, 0.29) is 0 Å². The van der Waals surface area contributed by atoms with Gasteiger partial charge in [-0.05, 0) is 24.5 Å². The molecular weight excluding hydrogens is 164 g/mol. The van der Waals surface area contributed by atoms with E-state index < -0.39 is 5.97 Å². The highest BCUT2D eigenvalue weighted by Crippen LogP contribution is 2.14. The van der Waals surface area contributed by atoms with Gasteiger partial charge in [-0.3, -0.25) is 0 Å². The quantitative estimate of drug-likeness (QED) is 0.718. The average Bonchev–Trinajstić information content (AvgIpc) is 2.04. The lowest BCUT2D eigenvalue weighted by Gasteiger charge is -2.05. The van der Waals surface area contributed by atoms with E-state index in [1.54, 1.807) is 19.1 Å². The van der Waals surface area contributed by atoms with Crippen molar-refractivity contribution in [1.82, 2.24) is 0 Å². The van der Waals surface area contributed by atoms with Crippen molar-refractivity contribution in [3.05, 3.63) is 47.5 Å². The van der Waals surface area contributed by atoms with Crippen LogP contribution in [-0.4, -0.2) is 11.1 Å². The molecule has 1 N–H and O–H groups in total. The maximum Gasteiger partial charge on any atom is 0.336 e. The fourth-order valence-electron chi connectivity index (χ4n) is 1.36. The molecule has 0 aliphatic carbocycles. The zero-order valence-electron chi connectivity index (χ0n) is 7.58. The Balaban J connectivity index is 3.25. The number of carbonyl (C=O) groups is 1. The van der Waals surface area contributed by atoms with Crippen molar-refractivity contribution in [2.75, 3.05) is 0 Å². The first kappa shape index (κ1) is 9.52. The summed E-state index contributed by atoms with van der Waals surface area (Å²) in [4.78, 5) is 10.9. The Labute approximate surface area is 77.5 Å². The molecule has 0 amide bonds. The van der Waals surface area contributed by atoms with Gasteiger partial charge in [0.2, 0.25) is 0 Å². The minimum Gasteiger partial charge on any atom is -0.478 e. The highest BCUT2D eigenvalue weighted by Gasteiger charge is 2.10. The number of rotatable bonds is 3. The molecule has 0 aliphatic heterocycles. The molecule has 0 radical (unpaired) electrons. The molecular formula is C11H12O2. The standard InChI is InChI=1S/C11H12O2/c1-3-5-9-7-4-6-8(2)10(9)11(12)13/h3-4,6-7H,1,5H2,2H3,(H,12,13). The molecule has 0 aliphatic rings. The molecule has 0 aromatic heterocycles. The van der Waals surface area contributed by atoms with Gasteiger partial charge in [-0.25, -0.2) is 4.79 Å². The zero-order chi connectivity index (χ0) is 9.84. The first-order valence-corrected chi connectivity index (χ1v) is 4.09. The highest BCUT2D eigenvalue weighted by atomic mass is 16.4. The molecule has 1 aromatic rings. The summed E-state index contributed by atoms with van der Waals surface area (Å²) in [6.07, 6.45) is 2.31. The third-order valence-electron chi connectivity index (χ3n) is 1.94. The Bertz CT molecular complexity index is 340. The molecule has 0 bridgehead atoms. The SMILES string of the molecule is C=CCc1cccc(C)c1C(=O)O. The molecule has 1 rings (SSSR count). The van der Waals surface area contributed by atoms with Gasteiger partial charge >= 0.3 is 5.97 Å². The maximum atomic E-state index is 10.9. The van der Waals surface area contributed by atoms with Crippen molar-refractivity contribution in [2.45, 2.75) is 13.3 Å². The van der Waals surface area contributed by atoms with Crippen LogP contribution in [0.1, 0.15) is 21.5 Å². The van der Waals surface area contributed by atoms with E-state index in [0.717, 1.165) is 11.1 Å². The lowest BCUT2D eigenvalue weighted by molar-refractivity contribution is 0.0695. The largest absolute Gasteiger partial charge is 0.478 e. The smallest absolute Gasteiger partial charge is 0.336 e. The van der Waals surface area contributed by atoms with Crippen LogP contribution in [0.4, 0.5) is 0 Å². The fourth-order valence-corrected chi connectivity index (χ4v) is 1.36. The molecule has 0 unspecified atom stereocenters. The van der Waals surface area contributed by atoms with Crippen LogP contribution in [0, 0.1) is 6.92 Å². The predicted octanol–water partition coefficient (Wildman–Crippen LogP) is 2.42. The normalized spacial score (nSPS) is 9.62. The first-order chi connectivity index (χ1) is 6.16. The van der Waals surface area contributed by atoms with Crippen molar-refractivity contribution in [1.29, 1.82) is 0 Å². The van der Waals surface area contributed by atoms with Gasteiger partial charge in [0, 0.05) is 0 Å². The van der Waals surface area contributed by atoms with Gasteiger partial charge in [0.25, 0.3) is 0 Å². The second-order valence-corrected chi connectivity index (χ2v) is 2.91. The van der Waals surface area contributed by atoms with Gasteiger partial charge in [0.1, 0.15) is 0 Å². The van der Waals surface area contributed by atoms with Crippen molar-refractivity contribution in [2.24, 2.45) is 0 Å².